The van der Waals surface area contributed by atoms with Gasteiger partial charge >= 0.3 is 5.97 Å². The van der Waals surface area contributed by atoms with E-state index in [-0.39, 0.29) is 0 Å². The molecule has 0 aliphatic rings. The summed E-state index contributed by atoms with van der Waals surface area (Å²) < 4.78 is 5.41. The van der Waals surface area contributed by atoms with E-state index in [1.54, 1.807) is 54.6 Å². The van der Waals surface area contributed by atoms with Gasteiger partial charge in [0.15, 0.2) is 0 Å². The summed E-state index contributed by atoms with van der Waals surface area (Å²) in [5.41, 5.74) is -1.31. The Hall–Kier alpha value is -2.59. The number of carbonyl (C=O) groups is 2. The zero-order chi connectivity index (χ0) is 16.9. The van der Waals surface area contributed by atoms with Crippen LogP contribution in [0, 0.1) is 0 Å². The lowest BCUT2D eigenvalue weighted by atomic mass is 9.99. The van der Waals surface area contributed by atoms with Crippen LogP contribution in [-0.2, 0) is 9.59 Å². The van der Waals surface area contributed by atoms with Crippen LogP contribution in [0.2, 0.25) is 5.02 Å². The maximum atomic E-state index is 12.3. The molecule has 0 aliphatic carbocycles. The standard InChI is InChI=1S/C18H15ClO4/c1-18(17(21)22,23-15-8-3-2-4-9-15)16(20)11-10-13-6-5-7-14(19)12-13/h2-12H,1H3,(H,21,22). The molecule has 0 heterocycles. The summed E-state index contributed by atoms with van der Waals surface area (Å²) >= 11 is 5.87. The van der Waals surface area contributed by atoms with Crippen LogP contribution in [0.4, 0.5) is 0 Å². The van der Waals surface area contributed by atoms with Gasteiger partial charge in [-0.25, -0.2) is 4.79 Å². The van der Waals surface area contributed by atoms with Gasteiger partial charge in [0, 0.05) is 5.02 Å². The van der Waals surface area contributed by atoms with E-state index in [2.05, 4.69) is 0 Å². The van der Waals surface area contributed by atoms with Crippen LogP contribution >= 0.6 is 11.6 Å². The Morgan fingerprint density at radius 1 is 1.13 bits per heavy atom. The summed E-state index contributed by atoms with van der Waals surface area (Å²) in [4.78, 5) is 23.9. The molecule has 1 N–H and O–H groups in total. The van der Waals surface area contributed by atoms with Crippen LogP contribution in [0.3, 0.4) is 0 Å². The van der Waals surface area contributed by atoms with Gasteiger partial charge in [0.1, 0.15) is 5.75 Å². The van der Waals surface area contributed by atoms with Crippen molar-refractivity contribution < 1.29 is 19.4 Å². The number of halogens is 1. The molecule has 1 atom stereocenters. The van der Waals surface area contributed by atoms with E-state index < -0.39 is 17.4 Å². The first-order chi connectivity index (χ1) is 10.9. The third kappa shape index (κ3) is 4.20. The van der Waals surface area contributed by atoms with Gasteiger partial charge in [-0.3, -0.25) is 4.79 Å². The van der Waals surface area contributed by atoms with Crippen LogP contribution in [0.25, 0.3) is 6.08 Å². The molecule has 4 nitrogen and oxygen atoms in total. The fraction of sp³-hybridized carbons (Fsp3) is 0.111. The van der Waals surface area contributed by atoms with Gasteiger partial charge in [-0.2, -0.15) is 0 Å². The summed E-state index contributed by atoms with van der Waals surface area (Å²) in [7, 11) is 0. The Morgan fingerprint density at radius 3 is 2.43 bits per heavy atom. The Morgan fingerprint density at radius 2 is 1.83 bits per heavy atom. The number of carboxylic acid groups (broad SMARTS) is 1. The fourth-order valence-corrected chi connectivity index (χ4v) is 2.06. The largest absolute Gasteiger partial charge is 0.478 e. The average molecular weight is 331 g/mol. The van der Waals surface area contributed by atoms with Gasteiger partial charge < -0.3 is 9.84 Å². The number of hydrogen-bond acceptors (Lipinski definition) is 3. The number of carboxylic acids is 1. The van der Waals surface area contributed by atoms with Gasteiger partial charge in [-0.1, -0.05) is 48.0 Å². The van der Waals surface area contributed by atoms with E-state index >= 15 is 0 Å². The second-order valence-electron chi connectivity index (χ2n) is 5.01. The van der Waals surface area contributed by atoms with E-state index in [1.165, 1.54) is 19.1 Å². The molecule has 0 bridgehead atoms. The molecule has 2 rings (SSSR count). The number of carbonyl (C=O) groups excluding carboxylic acids is 1. The Balaban J connectivity index is 2.23. The molecule has 2 aromatic carbocycles. The van der Waals surface area contributed by atoms with Crippen molar-refractivity contribution in [3.05, 3.63) is 71.3 Å². The van der Waals surface area contributed by atoms with Crippen molar-refractivity contribution >= 4 is 29.4 Å². The normalized spacial score (nSPS) is 13.5. The molecule has 23 heavy (non-hydrogen) atoms. The number of benzene rings is 2. The molecule has 1 unspecified atom stereocenters. The monoisotopic (exact) mass is 330 g/mol. The lowest BCUT2D eigenvalue weighted by Gasteiger charge is -2.23. The lowest BCUT2D eigenvalue weighted by Crippen LogP contribution is -2.48. The first kappa shape index (κ1) is 16.8. The first-order valence-corrected chi connectivity index (χ1v) is 7.25. The maximum Gasteiger partial charge on any atom is 0.356 e. The molecule has 2 aromatic rings. The maximum absolute atomic E-state index is 12.3. The molecule has 118 valence electrons. The SMILES string of the molecule is CC(Oc1ccccc1)(C(=O)O)C(=O)C=Cc1cccc(Cl)c1. The predicted molar refractivity (Wildman–Crippen MR) is 88.6 cm³/mol. The van der Waals surface area contributed by atoms with Gasteiger partial charge in [0.05, 0.1) is 0 Å². The van der Waals surface area contributed by atoms with E-state index in [1.807, 2.05) is 0 Å². The first-order valence-electron chi connectivity index (χ1n) is 6.87. The second kappa shape index (κ2) is 7.11. The van der Waals surface area contributed by atoms with Crippen molar-refractivity contribution in [3.63, 3.8) is 0 Å². The number of aliphatic carboxylic acids is 1. The van der Waals surface area contributed by atoms with E-state index in [0.29, 0.717) is 16.3 Å². The predicted octanol–water partition coefficient (Wildman–Crippen LogP) is 3.84. The Bertz CT molecular complexity index is 740. The minimum absolute atomic E-state index is 0.307. The third-order valence-corrected chi connectivity index (χ3v) is 3.45. The molecule has 0 saturated carbocycles. The highest BCUT2D eigenvalue weighted by Crippen LogP contribution is 2.21. The highest BCUT2D eigenvalue weighted by Gasteiger charge is 2.42. The molecule has 0 saturated heterocycles. The van der Waals surface area contributed by atoms with E-state index in [9.17, 15) is 14.7 Å². The molecule has 0 aliphatic heterocycles. The van der Waals surface area contributed by atoms with E-state index in [4.69, 9.17) is 16.3 Å². The summed E-state index contributed by atoms with van der Waals surface area (Å²) in [5, 5.41) is 9.93. The topological polar surface area (TPSA) is 63.6 Å². The number of ketones is 1. The second-order valence-corrected chi connectivity index (χ2v) is 5.44. The third-order valence-electron chi connectivity index (χ3n) is 3.22. The zero-order valence-electron chi connectivity index (χ0n) is 12.4. The van der Waals surface area contributed by atoms with Gasteiger partial charge in [-0.15, -0.1) is 0 Å². The zero-order valence-corrected chi connectivity index (χ0v) is 13.2. The molecule has 5 heteroatoms. The van der Waals surface area contributed by atoms with Crippen molar-refractivity contribution in [1.82, 2.24) is 0 Å². The van der Waals surface area contributed by atoms with Crippen molar-refractivity contribution in [1.29, 1.82) is 0 Å². The number of para-hydroxylation sites is 1. The Kier molecular flexibility index (Phi) is 5.19. The molecular weight excluding hydrogens is 316 g/mol. The van der Waals surface area contributed by atoms with Crippen LogP contribution in [0.15, 0.2) is 60.7 Å². The molecule has 0 aromatic heterocycles. The van der Waals surface area contributed by atoms with Gasteiger partial charge in [0.25, 0.3) is 5.60 Å². The molecule has 0 fully saturated rings. The molecule has 0 spiro atoms. The number of hydrogen-bond donors (Lipinski definition) is 1. The molecule has 0 amide bonds. The van der Waals surface area contributed by atoms with Gasteiger partial charge in [0.2, 0.25) is 5.78 Å². The van der Waals surface area contributed by atoms with Crippen LogP contribution in [0.1, 0.15) is 12.5 Å². The summed E-state index contributed by atoms with van der Waals surface area (Å²) in [6.07, 6.45) is 2.69. The minimum Gasteiger partial charge on any atom is -0.478 e. The number of ether oxygens (including phenoxy) is 1. The van der Waals surface area contributed by atoms with Crippen molar-refractivity contribution in [2.75, 3.05) is 0 Å². The molecular formula is C18H15ClO4. The summed E-state index contributed by atoms with van der Waals surface area (Å²) in [5.74, 6) is -1.72. The number of rotatable bonds is 6. The summed E-state index contributed by atoms with van der Waals surface area (Å²) in [6.45, 7) is 1.23. The van der Waals surface area contributed by atoms with Crippen LogP contribution < -0.4 is 4.74 Å². The van der Waals surface area contributed by atoms with Crippen LogP contribution in [0.5, 0.6) is 5.75 Å². The van der Waals surface area contributed by atoms with Crippen LogP contribution in [-0.4, -0.2) is 22.5 Å². The lowest BCUT2D eigenvalue weighted by molar-refractivity contribution is -0.158. The van der Waals surface area contributed by atoms with Gasteiger partial charge in [-0.05, 0) is 42.8 Å². The van der Waals surface area contributed by atoms with Crippen molar-refractivity contribution in [2.24, 2.45) is 0 Å². The van der Waals surface area contributed by atoms with Crippen molar-refractivity contribution in [2.45, 2.75) is 12.5 Å². The van der Waals surface area contributed by atoms with Crippen molar-refractivity contribution in [3.8, 4) is 5.75 Å². The highest BCUT2D eigenvalue weighted by atomic mass is 35.5. The smallest absolute Gasteiger partial charge is 0.356 e. The van der Waals surface area contributed by atoms with E-state index in [0.717, 1.165) is 0 Å². The quantitative estimate of drug-likeness (QED) is 0.645. The average Bonchev–Trinajstić information content (AvgIpc) is 2.53. The Labute approximate surface area is 139 Å². The molecule has 0 radical (unpaired) electrons. The highest BCUT2D eigenvalue weighted by molar-refractivity contribution is 6.30. The summed E-state index contributed by atoms with van der Waals surface area (Å²) in [6, 6.07) is 15.2. The fourth-order valence-electron chi connectivity index (χ4n) is 1.86. The minimum atomic E-state index is -2.00.